The second kappa shape index (κ2) is 14.0. The normalized spacial score (nSPS) is 22.3. The number of aromatic nitrogens is 4. The van der Waals surface area contributed by atoms with Crippen molar-refractivity contribution in [1.82, 2.24) is 30.1 Å². The van der Waals surface area contributed by atoms with Gasteiger partial charge in [-0.2, -0.15) is 23.3 Å². The highest BCUT2D eigenvalue weighted by atomic mass is 32.1. The van der Waals surface area contributed by atoms with E-state index in [0.29, 0.717) is 57.5 Å². The van der Waals surface area contributed by atoms with E-state index in [-0.39, 0.29) is 23.5 Å². The van der Waals surface area contributed by atoms with Gasteiger partial charge in [0.05, 0.1) is 52.1 Å². The third-order valence-electron chi connectivity index (χ3n) is 8.48. The van der Waals surface area contributed by atoms with Gasteiger partial charge in [0.15, 0.2) is 6.29 Å². The molecule has 4 aromatic rings. The second-order valence-electron chi connectivity index (χ2n) is 11.7. The molecule has 4 heterocycles. The fraction of sp³-hybridized carbons (Fsp3) is 0.548. The number of carbonyl (C=O) groups is 1. The van der Waals surface area contributed by atoms with Gasteiger partial charge in [-0.15, -0.1) is 11.3 Å². The lowest BCUT2D eigenvalue weighted by atomic mass is 9.87. The molecule has 2 aliphatic rings. The SMILES string of the molecule is CCC1CC(Nc2cccc3c(CC(F)(F)F)c(-c4noc(CNC)n4)sc23)C(F)C(CC)N1C.O=Cc1cnn(C2CC2)c1. The highest BCUT2D eigenvalue weighted by Crippen LogP contribution is 2.44. The summed E-state index contributed by atoms with van der Waals surface area (Å²) in [5.74, 6) is 0.417. The van der Waals surface area contributed by atoms with E-state index in [1.165, 1.54) is 24.2 Å². The molecule has 0 amide bonds. The van der Waals surface area contributed by atoms with Crippen LogP contribution in [0.5, 0.6) is 0 Å². The first-order chi connectivity index (χ1) is 21.6. The smallest absolute Gasteiger partial charge is 0.378 e. The molecule has 0 spiro atoms. The van der Waals surface area contributed by atoms with E-state index in [2.05, 4.69) is 37.7 Å². The molecule has 1 saturated heterocycles. The number of benzene rings is 1. The second-order valence-corrected chi connectivity index (χ2v) is 12.7. The number of thiophene rings is 1. The maximum Gasteiger partial charge on any atom is 0.393 e. The van der Waals surface area contributed by atoms with E-state index in [9.17, 15) is 18.0 Å². The zero-order valence-electron chi connectivity index (χ0n) is 25.8. The molecule has 9 nitrogen and oxygen atoms in total. The average Bonchev–Trinajstić information content (AvgIpc) is 3.39. The predicted octanol–water partition coefficient (Wildman–Crippen LogP) is 6.82. The van der Waals surface area contributed by atoms with Crippen molar-refractivity contribution < 1.29 is 26.9 Å². The Kier molecular flexibility index (Phi) is 10.2. The van der Waals surface area contributed by atoms with Crippen molar-refractivity contribution in [2.45, 2.75) is 95.4 Å². The van der Waals surface area contributed by atoms with E-state index in [1.807, 2.05) is 18.7 Å². The lowest BCUT2D eigenvalue weighted by Gasteiger charge is -2.45. The molecular formula is C31H39F4N7O2S. The number of hydrogen-bond donors (Lipinski definition) is 2. The quantitative estimate of drug-likeness (QED) is 0.143. The summed E-state index contributed by atoms with van der Waals surface area (Å²) in [4.78, 5) is 16.9. The highest BCUT2D eigenvalue weighted by molar-refractivity contribution is 7.23. The number of anilines is 1. The van der Waals surface area contributed by atoms with Crippen molar-refractivity contribution in [1.29, 1.82) is 0 Å². The summed E-state index contributed by atoms with van der Waals surface area (Å²) in [6, 6.07) is 5.34. The molecule has 1 aliphatic heterocycles. The van der Waals surface area contributed by atoms with Gasteiger partial charge in [0.2, 0.25) is 11.7 Å². The number of likely N-dealkylation sites (tertiary alicyclic amines) is 1. The topological polar surface area (TPSA) is 101 Å². The minimum Gasteiger partial charge on any atom is -0.378 e. The Morgan fingerprint density at radius 1 is 1.20 bits per heavy atom. The number of alkyl halides is 4. The van der Waals surface area contributed by atoms with Gasteiger partial charge < -0.3 is 15.2 Å². The third-order valence-corrected chi connectivity index (χ3v) is 9.76. The molecule has 0 bridgehead atoms. The molecule has 3 aromatic heterocycles. The van der Waals surface area contributed by atoms with Gasteiger partial charge in [-0.1, -0.05) is 31.1 Å². The van der Waals surface area contributed by atoms with Gasteiger partial charge in [0.25, 0.3) is 0 Å². The standard InChI is InChI=1S/C24H31F4N5OS.C7H8N2O/c1-5-13-10-17(20(25)18(6-2)33(13)4)30-16-9-7-8-14-15(11-24(26,27)28)22(35-21(14)16)23-31-19(12-29-3)34-32-23;10-5-6-3-8-9(4-6)7-1-2-7/h7-9,13,17-18,20,29-30H,5-6,10-12H2,1-4H3;3-5,7H,1-2H2. The number of hydrogen-bond acceptors (Lipinski definition) is 9. The minimum absolute atomic E-state index is 0.107. The maximum atomic E-state index is 15.5. The molecule has 4 atom stereocenters. The number of carbonyl (C=O) groups excluding carboxylic acids is 1. The summed E-state index contributed by atoms with van der Waals surface area (Å²) in [6.07, 6.45) is 2.21. The number of nitrogens with zero attached hydrogens (tertiary/aromatic N) is 5. The molecule has 2 N–H and O–H groups in total. The van der Waals surface area contributed by atoms with Crippen molar-refractivity contribution in [3.8, 4) is 10.7 Å². The van der Waals surface area contributed by atoms with Crippen molar-refractivity contribution in [2.75, 3.05) is 19.4 Å². The summed E-state index contributed by atoms with van der Waals surface area (Å²) < 4.78 is 63.9. The van der Waals surface area contributed by atoms with Crippen molar-refractivity contribution in [2.24, 2.45) is 0 Å². The van der Waals surface area contributed by atoms with Gasteiger partial charge in [-0.3, -0.25) is 14.4 Å². The molecule has 14 heteroatoms. The highest BCUT2D eigenvalue weighted by Gasteiger charge is 2.40. The Bertz CT molecular complexity index is 1580. The molecule has 4 unspecified atom stereocenters. The van der Waals surface area contributed by atoms with Crippen molar-refractivity contribution in [3.63, 3.8) is 0 Å². The summed E-state index contributed by atoms with van der Waals surface area (Å²) in [6.45, 7) is 4.38. The van der Waals surface area contributed by atoms with E-state index in [0.717, 1.165) is 12.7 Å². The molecule has 0 radical (unpaired) electrons. The summed E-state index contributed by atoms with van der Waals surface area (Å²) in [5.41, 5.74) is 1.41. The van der Waals surface area contributed by atoms with Crippen LogP contribution in [0.2, 0.25) is 0 Å². The third kappa shape index (κ3) is 7.55. The van der Waals surface area contributed by atoms with Gasteiger partial charge in [-0.05, 0) is 63.2 Å². The van der Waals surface area contributed by atoms with E-state index >= 15 is 4.39 Å². The summed E-state index contributed by atoms with van der Waals surface area (Å²) >= 11 is 1.18. The number of halogens is 4. The van der Waals surface area contributed by atoms with E-state index in [1.54, 1.807) is 37.6 Å². The van der Waals surface area contributed by atoms with Crippen LogP contribution in [0.3, 0.4) is 0 Å². The molecule has 45 heavy (non-hydrogen) atoms. The fourth-order valence-corrected chi connectivity index (χ4v) is 7.24. The van der Waals surface area contributed by atoms with Crippen LogP contribution >= 0.6 is 11.3 Å². The minimum atomic E-state index is -4.41. The van der Waals surface area contributed by atoms with Gasteiger partial charge in [0.1, 0.15) is 6.17 Å². The first-order valence-corrected chi connectivity index (χ1v) is 16.1. The Hall–Kier alpha value is -3.36. The number of rotatable bonds is 10. The zero-order chi connectivity index (χ0) is 32.3. The Balaban J connectivity index is 0.000000336. The molecule has 1 saturated carbocycles. The molecule has 1 aromatic carbocycles. The van der Waals surface area contributed by atoms with Crippen LogP contribution in [0.25, 0.3) is 20.8 Å². The molecular weight excluding hydrogens is 610 g/mol. The Morgan fingerprint density at radius 3 is 2.60 bits per heavy atom. The predicted molar refractivity (Wildman–Crippen MR) is 166 cm³/mol. The van der Waals surface area contributed by atoms with Crippen LogP contribution in [-0.4, -0.2) is 75.7 Å². The summed E-state index contributed by atoms with van der Waals surface area (Å²) in [7, 11) is 3.68. The number of fused-ring (bicyclic) bond motifs is 1. The number of piperidine rings is 1. The van der Waals surface area contributed by atoms with Crippen LogP contribution in [0.4, 0.5) is 23.2 Å². The zero-order valence-corrected chi connectivity index (χ0v) is 26.6. The van der Waals surface area contributed by atoms with Crippen LogP contribution in [0.15, 0.2) is 35.1 Å². The largest absolute Gasteiger partial charge is 0.393 e. The lowest BCUT2D eigenvalue weighted by molar-refractivity contribution is -0.126. The van der Waals surface area contributed by atoms with Crippen LogP contribution in [0, 0.1) is 0 Å². The molecule has 6 rings (SSSR count). The number of nitrogens with one attached hydrogen (secondary N) is 2. The maximum absolute atomic E-state index is 15.5. The molecule has 244 valence electrons. The molecule has 2 fully saturated rings. The monoisotopic (exact) mass is 649 g/mol. The van der Waals surface area contributed by atoms with Crippen LogP contribution in [0.1, 0.15) is 73.8 Å². The van der Waals surface area contributed by atoms with E-state index < -0.39 is 24.8 Å². The first kappa shape index (κ1) is 33.0. The molecule has 1 aliphatic carbocycles. The Labute approximate surface area is 263 Å². The van der Waals surface area contributed by atoms with E-state index in [4.69, 9.17) is 4.52 Å². The van der Waals surface area contributed by atoms with Crippen LogP contribution in [-0.2, 0) is 13.0 Å². The first-order valence-electron chi connectivity index (χ1n) is 15.3. The lowest BCUT2D eigenvalue weighted by Crippen LogP contribution is -2.57. The Morgan fingerprint density at radius 2 is 1.98 bits per heavy atom. The summed E-state index contributed by atoms with van der Waals surface area (Å²) in [5, 5.41) is 14.7. The van der Waals surface area contributed by atoms with Gasteiger partial charge >= 0.3 is 6.18 Å². The number of aldehydes is 1. The average molecular weight is 650 g/mol. The van der Waals surface area contributed by atoms with Crippen LogP contribution < -0.4 is 10.6 Å². The van der Waals surface area contributed by atoms with Crippen molar-refractivity contribution in [3.05, 3.63) is 47.6 Å². The van der Waals surface area contributed by atoms with Gasteiger partial charge in [-0.25, -0.2) is 4.39 Å². The fourth-order valence-electron chi connectivity index (χ4n) is 6.02. The van der Waals surface area contributed by atoms with Crippen molar-refractivity contribution >= 4 is 33.4 Å². The van der Waals surface area contributed by atoms with Gasteiger partial charge in [0, 0.05) is 18.3 Å².